The molecule has 1 amide bonds. The van der Waals surface area contributed by atoms with E-state index >= 15 is 0 Å². The summed E-state index contributed by atoms with van der Waals surface area (Å²) >= 11 is 0. The maximum absolute atomic E-state index is 10.6. The molecule has 0 aromatic heterocycles. The largest absolute Gasteiger partial charge is 0.465 e. The summed E-state index contributed by atoms with van der Waals surface area (Å²) in [5.74, 6) is 0.582. The normalized spacial score (nSPS) is 39.1. The van der Waals surface area contributed by atoms with Gasteiger partial charge >= 0.3 is 6.09 Å². The minimum Gasteiger partial charge on any atom is -0.465 e. The number of piperidine rings is 1. The molecule has 4 heteroatoms. The lowest BCUT2D eigenvalue weighted by atomic mass is 9.99. The number of amides is 1. The highest BCUT2D eigenvalue weighted by atomic mass is 16.4. The van der Waals surface area contributed by atoms with Gasteiger partial charge in [-0.15, -0.1) is 0 Å². The molecule has 2 N–H and O–H groups in total. The van der Waals surface area contributed by atoms with Gasteiger partial charge in [0.25, 0.3) is 0 Å². The average Bonchev–Trinajstić information content (AvgIpc) is 2.77. The number of fused-ring (bicyclic) bond motifs is 1. The molecule has 0 aromatic rings. The van der Waals surface area contributed by atoms with Crippen LogP contribution in [0.2, 0.25) is 0 Å². The van der Waals surface area contributed by atoms with Gasteiger partial charge in [-0.2, -0.15) is 0 Å². The number of carboxylic acid groups (broad SMARTS) is 1. The zero-order valence-corrected chi connectivity index (χ0v) is 6.86. The molecule has 12 heavy (non-hydrogen) atoms. The average molecular weight is 171 g/mol. The number of aliphatic hydroxyl groups is 1. The lowest BCUT2D eigenvalue weighted by Gasteiger charge is -2.29. The molecule has 2 rings (SSSR count). The van der Waals surface area contributed by atoms with E-state index in [-0.39, 0.29) is 12.0 Å². The summed E-state index contributed by atoms with van der Waals surface area (Å²) in [7, 11) is 0. The van der Waals surface area contributed by atoms with Crippen molar-refractivity contribution in [2.24, 2.45) is 11.3 Å². The Morgan fingerprint density at radius 1 is 1.67 bits per heavy atom. The van der Waals surface area contributed by atoms with Gasteiger partial charge in [-0.25, -0.2) is 4.79 Å². The summed E-state index contributed by atoms with van der Waals surface area (Å²) < 4.78 is 0. The zero-order valence-electron chi connectivity index (χ0n) is 6.86. The molecule has 1 saturated heterocycles. The molecular weight excluding hydrogens is 158 g/mol. The lowest BCUT2D eigenvalue weighted by Crippen LogP contribution is -2.41. The Kier molecular flexibility index (Phi) is 1.54. The van der Waals surface area contributed by atoms with Crippen LogP contribution >= 0.6 is 0 Å². The molecule has 2 unspecified atom stereocenters. The summed E-state index contributed by atoms with van der Waals surface area (Å²) in [6.07, 6.45) is 1.08. The molecule has 68 valence electrons. The molecule has 0 bridgehead atoms. The van der Waals surface area contributed by atoms with E-state index < -0.39 is 6.09 Å². The minimum absolute atomic E-state index is 0.0589. The quantitative estimate of drug-likeness (QED) is 0.599. The molecule has 2 fully saturated rings. The van der Waals surface area contributed by atoms with Crippen molar-refractivity contribution in [3.8, 4) is 0 Å². The van der Waals surface area contributed by atoms with Crippen molar-refractivity contribution in [3.05, 3.63) is 0 Å². The number of carbonyl (C=O) groups is 1. The predicted molar refractivity (Wildman–Crippen MR) is 41.8 cm³/mol. The molecule has 0 radical (unpaired) electrons. The topological polar surface area (TPSA) is 60.8 Å². The molecule has 1 saturated carbocycles. The van der Waals surface area contributed by atoms with Crippen molar-refractivity contribution >= 4 is 6.09 Å². The molecule has 0 spiro atoms. The van der Waals surface area contributed by atoms with Gasteiger partial charge in [-0.05, 0) is 18.8 Å². The van der Waals surface area contributed by atoms with Crippen LogP contribution in [0.1, 0.15) is 12.8 Å². The highest BCUT2D eigenvalue weighted by Crippen LogP contribution is 2.56. The Labute approximate surface area is 70.8 Å². The van der Waals surface area contributed by atoms with Gasteiger partial charge in [0.15, 0.2) is 0 Å². The highest BCUT2D eigenvalue weighted by Gasteiger charge is 2.57. The van der Waals surface area contributed by atoms with Crippen molar-refractivity contribution < 1.29 is 15.0 Å². The third-order valence-electron chi connectivity index (χ3n) is 3.20. The Bertz CT molecular complexity index is 218. The first-order chi connectivity index (χ1) is 5.68. The van der Waals surface area contributed by atoms with E-state index in [1.54, 1.807) is 0 Å². The maximum atomic E-state index is 10.6. The Morgan fingerprint density at radius 3 is 3.00 bits per heavy atom. The van der Waals surface area contributed by atoms with Crippen molar-refractivity contribution in [1.82, 2.24) is 4.90 Å². The lowest BCUT2D eigenvalue weighted by molar-refractivity contribution is 0.0916. The van der Waals surface area contributed by atoms with Gasteiger partial charge in [-0.1, -0.05) is 0 Å². The van der Waals surface area contributed by atoms with E-state index in [4.69, 9.17) is 10.2 Å². The predicted octanol–water partition coefficient (Wildman–Crippen LogP) is 0.369. The third-order valence-corrected chi connectivity index (χ3v) is 3.20. The fourth-order valence-corrected chi connectivity index (χ4v) is 2.21. The van der Waals surface area contributed by atoms with E-state index in [2.05, 4.69) is 0 Å². The second-order valence-electron chi connectivity index (χ2n) is 3.91. The Hall–Kier alpha value is -0.770. The molecular formula is C8H13NO3. The van der Waals surface area contributed by atoms with E-state index in [1.165, 1.54) is 4.90 Å². The third kappa shape index (κ3) is 0.982. The monoisotopic (exact) mass is 171 g/mol. The van der Waals surface area contributed by atoms with Gasteiger partial charge in [0, 0.05) is 18.5 Å². The van der Waals surface area contributed by atoms with Gasteiger partial charge in [0.2, 0.25) is 0 Å². The summed E-state index contributed by atoms with van der Waals surface area (Å²) in [4.78, 5) is 12.0. The summed E-state index contributed by atoms with van der Waals surface area (Å²) in [5, 5.41) is 17.8. The second kappa shape index (κ2) is 2.36. The second-order valence-corrected chi connectivity index (χ2v) is 3.91. The highest BCUT2D eigenvalue weighted by molar-refractivity contribution is 5.65. The summed E-state index contributed by atoms with van der Waals surface area (Å²) in [5.41, 5.74) is -0.0589. The molecule has 0 aromatic carbocycles. The fourth-order valence-electron chi connectivity index (χ4n) is 2.21. The van der Waals surface area contributed by atoms with Crippen LogP contribution in [0.25, 0.3) is 0 Å². The molecule has 4 nitrogen and oxygen atoms in total. The number of hydrogen-bond donors (Lipinski definition) is 2. The van der Waals surface area contributed by atoms with Gasteiger partial charge in [-0.3, -0.25) is 0 Å². The maximum Gasteiger partial charge on any atom is 0.407 e. The molecule has 1 aliphatic carbocycles. The standard InChI is InChI=1S/C8H13NO3/c10-5-8-3-6(8)1-2-9(4-8)7(11)12/h6,10H,1-5H2,(H,11,12). The van der Waals surface area contributed by atoms with E-state index in [1.807, 2.05) is 0 Å². The first-order valence-corrected chi connectivity index (χ1v) is 4.27. The summed E-state index contributed by atoms with van der Waals surface area (Å²) in [6, 6.07) is 0. The van der Waals surface area contributed by atoms with Crippen LogP contribution in [0.3, 0.4) is 0 Å². The number of aliphatic hydroxyl groups excluding tert-OH is 1. The van der Waals surface area contributed by atoms with Crippen LogP contribution in [0.5, 0.6) is 0 Å². The van der Waals surface area contributed by atoms with Crippen LogP contribution in [0.15, 0.2) is 0 Å². The van der Waals surface area contributed by atoms with E-state index in [0.29, 0.717) is 19.0 Å². The van der Waals surface area contributed by atoms with E-state index in [9.17, 15) is 4.79 Å². The van der Waals surface area contributed by atoms with Gasteiger partial charge in [0.05, 0.1) is 6.61 Å². The number of nitrogens with zero attached hydrogens (tertiary/aromatic N) is 1. The van der Waals surface area contributed by atoms with Crippen LogP contribution in [-0.2, 0) is 0 Å². The van der Waals surface area contributed by atoms with Gasteiger partial charge in [0.1, 0.15) is 0 Å². The van der Waals surface area contributed by atoms with Crippen molar-refractivity contribution in [3.63, 3.8) is 0 Å². The van der Waals surface area contributed by atoms with Crippen molar-refractivity contribution in [2.75, 3.05) is 19.7 Å². The first-order valence-electron chi connectivity index (χ1n) is 4.27. The molecule has 1 heterocycles. The minimum atomic E-state index is -0.854. The zero-order chi connectivity index (χ0) is 8.77. The Balaban J connectivity index is 2.02. The number of likely N-dealkylation sites (tertiary alicyclic amines) is 1. The van der Waals surface area contributed by atoms with Crippen molar-refractivity contribution in [2.45, 2.75) is 12.8 Å². The van der Waals surface area contributed by atoms with Crippen LogP contribution in [0.4, 0.5) is 4.79 Å². The van der Waals surface area contributed by atoms with Gasteiger partial charge < -0.3 is 15.1 Å². The fraction of sp³-hybridized carbons (Fsp3) is 0.875. The smallest absolute Gasteiger partial charge is 0.407 e. The van der Waals surface area contributed by atoms with Crippen LogP contribution < -0.4 is 0 Å². The Morgan fingerprint density at radius 2 is 2.42 bits per heavy atom. The number of rotatable bonds is 1. The van der Waals surface area contributed by atoms with Crippen LogP contribution in [0, 0.1) is 11.3 Å². The molecule has 2 aliphatic rings. The first kappa shape index (κ1) is 7.86. The SMILES string of the molecule is O=C(O)N1CCC2CC2(CO)C1. The molecule has 2 atom stereocenters. The number of hydrogen-bond acceptors (Lipinski definition) is 2. The van der Waals surface area contributed by atoms with Crippen LogP contribution in [-0.4, -0.2) is 40.9 Å². The van der Waals surface area contributed by atoms with E-state index in [0.717, 1.165) is 12.8 Å². The molecule has 1 aliphatic heterocycles. The van der Waals surface area contributed by atoms with Crippen molar-refractivity contribution in [1.29, 1.82) is 0 Å². The summed E-state index contributed by atoms with van der Waals surface area (Å²) in [6.45, 7) is 1.31.